The summed E-state index contributed by atoms with van der Waals surface area (Å²) in [6.45, 7) is 8.63. The first-order valence-corrected chi connectivity index (χ1v) is 8.25. The van der Waals surface area contributed by atoms with Crippen LogP contribution in [-0.2, 0) is 6.54 Å². The highest BCUT2D eigenvalue weighted by Gasteiger charge is 2.23. The maximum absolute atomic E-state index is 12.0. The molecule has 124 valence electrons. The smallest absolute Gasteiger partial charge is 0.223 e. The zero-order valence-corrected chi connectivity index (χ0v) is 13.9. The third-order valence-electron chi connectivity index (χ3n) is 4.68. The molecule has 1 aromatic heterocycles. The quantitative estimate of drug-likeness (QED) is 0.873. The van der Waals surface area contributed by atoms with E-state index in [2.05, 4.69) is 11.8 Å². The minimum Gasteiger partial charge on any atom is -0.503 e. The number of aromatic hydroxyl groups is 1. The topological polar surface area (TPSA) is 65.7 Å². The van der Waals surface area contributed by atoms with Crippen LogP contribution in [0.5, 0.6) is 5.75 Å². The van der Waals surface area contributed by atoms with Crippen molar-refractivity contribution in [1.29, 1.82) is 0 Å². The van der Waals surface area contributed by atoms with E-state index in [1.54, 1.807) is 0 Å². The molecule has 0 saturated carbocycles. The number of aromatic nitrogens is 1. The van der Waals surface area contributed by atoms with Gasteiger partial charge in [0.15, 0.2) is 5.75 Å². The Kier molecular flexibility index (Phi) is 5.64. The van der Waals surface area contributed by atoms with Crippen LogP contribution in [0.3, 0.4) is 0 Å². The second kappa shape index (κ2) is 7.29. The van der Waals surface area contributed by atoms with Gasteiger partial charge in [-0.15, -0.1) is 0 Å². The van der Waals surface area contributed by atoms with Gasteiger partial charge in [0, 0.05) is 24.8 Å². The predicted molar refractivity (Wildman–Crippen MR) is 87.2 cm³/mol. The Labute approximate surface area is 132 Å². The highest BCUT2D eigenvalue weighted by Crippen LogP contribution is 2.25. The summed E-state index contributed by atoms with van der Waals surface area (Å²) in [6.07, 6.45) is 3.13. The molecule has 2 unspecified atom stereocenters. The van der Waals surface area contributed by atoms with Crippen molar-refractivity contribution in [2.75, 3.05) is 19.7 Å². The molecule has 0 aliphatic carbocycles. The van der Waals surface area contributed by atoms with Crippen LogP contribution >= 0.6 is 0 Å². The van der Waals surface area contributed by atoms with Crippen LogP contribution < -0.4 is 5.43 Å². The monoisotopic (exact) mass is 308 g/mol. The third kappa shape index (κ3) is 3.52. The Bertz CT molecular complexity index is 564. The summed E-state index contributed by atoms with van der Waals surface area (Å²) in [6, 6.07) is 1.35. The molecule has 1 fully saturated rings. The molecule has 0 spiro atoms. The molecule has 1 saturated heterocycles. The minimum atomic E-state index is -0.332. The van der Waals surface area contributed by atoms with Crippen molar-refractivity contribution in [3.63, 3.8) is 0 Å². The van der Waals surface area contributed by atoms with Gasteiger partial charge in [-0.05, 0) is 38.6 Å². The third-order valence-corrected chi connectivity index (χ3v) is 4.68. The number of pyridine rings is 1. The fourth-order valence-electron chi connectivity index (χ4n) is 3.49. The van der Waals surface area contributed by atoms with Crippen molar-refractivity contribution in [2.24, 2.45) is 5.92 Å². The standard InChI is InChI=1S/C17H28N2O3/c1-4-14(11-20)19-13(3)8-16(21)17(22)15(19)10-18-7-5-6-12(2)9-18/h8,12,14,20,22H,4-7,9-11H2,1-3H3. The molecule has 0 radical (unpaired) electrons. The number of hydrogen-bond donors (Lipinski definition) is 2. The molecule has 0 aromatic carbocycles. The van der Waals surface area contributed by atoms with Gasteiger partial charge in [0.1, 0.15) is 0 Å². The van der Waals surface area contributed by atoms with E-state index in [1.807, 2.05) is 18.4 Å². The molecule has 1 aromatic rings. The van der Waals surface area contributed by atoms with Crippen LogP contribution in [0.25, 0.3) is 0 Å². The number of hydrogen-bond acceptors (Lipinski definition) is 4. The lowest BCUT2D eigenvalue weighted by atomic mass is 10.00. The van der Waals surface area contributed by atoms with Gasteiger partial charge in [-0.25, -0.2) is 0 Å². The highest BCUT2D eigenvalue weighted by atomic mass is 16.3. The molecule has 0 bridgehead atoms. The number of rotatable bonds is 5. The summed E-state index contributed by atoms with van der Waals surface area (Å²) < 4.78 is 1.94. The Morgan fingerprint density at radius 3 is 2.77 bits per heavy atom. The lowest BCUT2D eigenvalue weighted by molar-refractivity contribution is 0.163. The second-order valence-corrected chi connectivity index (χ2v) is 6.54. The number of aliphatic hydroxyl groups excluding tert-OH is 1. The van der Waals surface area contributed by atoms with Crippen molar-refractivity contribution in [3.05, 3.63) is 27.7 Å². The van der Waals surface area contributed by atoms with E-state index < -0.39 is 0 Å². The molecule has 2 heterocycles. The largest absolute Gasteiger partial charge is 0.503 e. The molecule has 2 atom stereocenters. The van der Waals surface area contributed by atoms with Gasteiger partial charge in [-0.3, -0.25) is 9.69 Å². The molecular weight excluding hydrogens is 280 g/mol. The maximum atomic E-state index is 12.0. The molecule has 2 rings (SSSR count). The van der Waals surface area contributed by atoms with Crippen LogP contribution in [0.1, 0.15) is 50.5 Å². The zero-order chi connectivity index (χ0) is 16.3. The molecular formula is C17H28N2O3. The molecule has 0 amide bonds. The fraction of sp³-hybridized carbons (Fsp3) is 0.706. The Morgan fingerprint density at radius 2 is 2.18 bits per heavy atom. The average Bonchev–Trinajstić information content (AvgIpc) is 2.48. The van der Waals surface area contributed by atoms with Gasteiger partial charge in [0.2, 0.25) is 5.43 Å². The van der Waals surface area contributed by atoms with Crippen molar-refractivity contribution in [2.45, 2.75) is 52.6 Å². The summed E-state index contributed by atoms with van der Waals surface area (Å²) in [5.74, 6) is 0.469. The minimum absolute atomic E-state index is 0.00303. The lowest BCUT2D eigenvalue weighted by Crippen LogP contribution is -2.36. The number of likely N-dealkylation sites (tertiary alicyclic amines) is 1. The van der Waals surface area contributed by atoms with Gasteiger partial charge in [-0.2, -0.15) is 0 Å². The van der Waals surface area contributed by atoms with Crippen molar-refractivity contribution in [1.82, 2.24) is 9.47 Å². The Morgan fingerprint density at radius 1 is 1.45 bits per heavy atom. The summed E-state index contributed by atoms with van der Waals surface area (Å²) in [5.41, 5.74) is 1.10. The molecule has 1 aliphatic rings. The number of nitrogens with zero attached hydrogens (tertiary/aromatic N) is 2. The summed E-state index contributed by atoms with van der Waals surface area (Å²) >= 11 is 0. The number of piperidine rings is 1. The van der Waals surface area contributed by atoms with Crippen molar-refractivity contribution >= 4 is 0 Å². The molecule has 5 heteroatoms. The number of aliphatic hydroxyl groups is 1. The van der Waals surface area contributed by atoms with Crippen LogP contribution in [0.15, 0.2) is 10.9 Å². The first-order valence-electron chi connectivity index (χ1n) is 8.25. The van der Waals surface area contributed by atoms with Gasteiger partial charge in [0.25, 0.3) is 0 Å². The van der Waals surface area contributed by atoms with Crippen molar-refractivity contribution in [3.8, 4) is 5.75 Å². The van der Waals surface area contributed by atoms with E-state index in [0.717, 1.165) is 31.6 Å². The summed E-state index contributed by atoms with van der Waals surface area (Å²) in [5, 5.41) is 19.9. The maximum Gasteiger partial charge on any atom is 0.223 e. The van der Waals surface area contributed by atoms with Crippen LogP contribution in [0.4, 0.5) is 0 Å². The summed E-state index contributed by atoms with van der Waals surface area (Å²) in [4.78, 5) is 14.3. The van der Waals surface area contributed by atoms with Crippen LogP contribution in [0.2, 0.25) is 0 Å². The average molecular weight is 308 g/mol. The number of aryl methyl sites for hydroxylation is 1. The fourth-order valence-corrected chi connectivity index (χ4v) is 3.49. The van der Waals surface area contributed by atoms with Crippen molar-refractivity contribution < 1.29 is 10.2 Å². The summed E-state index contributed by atoms with van der Waals surface area (Å²) in [7, 11) is 0. The van der Waals surface area contributed by atoms with E-state index >= 15 is 0 Å². The Balaban J connectivity index is 2.41. The SMILES string of the molecule is CCC(CO)n1c(C)cc(=O)c(O)c1CN1CCCC(C)C1. The predicted octanol–water partition coefficient (Wildman–Crippen LogP) is 2.04. The van der Waals surface area contributed by atoms with Gasteiger partial charge in [-0.1, -0.05) is 13.8 Å². The second-order valence-electron chi connectivity index (χ2n) is 6.54. The zero-order valence-electron chi connectivity index (χ0n) is 13.9. The molecule has 1 aliphatic heterocycles. The van der Waals surface area contributed by atoms with E-state index in [0.29, 0.717) is 18.2 Å². The first-order chi connectivity index (χ1) is 10.5. The van der Waals surface area contributed by atoms with Gasteiger partial charge in [0.05, 0.1) is 18.3 Å². The lowest BCUT2D eigenvalue weighted by Gasteiger charge is -2.33. The van der Waals surface area contributed by atoms with Gasteiger partial charge < -0.3 is 14.8 Å². The molecule has 2 N–H and O–H groups in total. The molecule has 22 heavy (non-hydrogen) atoms. The van der Waals surface area contributed by atoms with E-state index in [4.69, 9.17) is 0 Å². The first kappa shape index (κ1) is 17.0. The highest BCUT2D eigenvalue weighted by molar-refractivity contribution is 5.30. The normalized spacial score (nSPS) is 21.0. The van der Waals surface area contributed by atoms with Crippen LogP contribution in [0, 0.1) is 12.8 Å². The van der Waals surface area contributed by atoms with E-state index in [9.17, 15) is 15.0 Å². The molecule has 5 nitrogen and oxygen atoms in total. The van der Waals surface area contributed by atoms with Gasteiger partial charge >= 0.3 is 0 Å². The van der Waals surface area contributed by atoms with E-state index in [-0.39, 0.29) is 23.8 Å². The van der Waals surface area contributed by atoms with E-state index in [1.165, 1.54) is 12.5 Å². The Hall–Kier alpha value is -1.33. The van der Waals surface area contributed by atoms with Crippen LogP contribution in [-0.4, -0.2) is 39.4 Å².